The fraction of sp³-hybridized carbons (Fsp3) is 0. The van der Waals surface area contributed by atoms with Gasteiger partial charge in [0.1, 0.15) is 0 Å². The van der Waals surface area contributed by atoms with Crippen molar-refractivity contribution < 1.29 is 22.6 Å². The van der Waals surface area contributed by atoms with Gasteiger partial charge in [-0.05, 0) is 0 Å². The summed E-state index contributed by atoms with van der Waals surface area (Å²) >= 11 is -4.49. The zero-order chi connectivity index (χ0) is 5.45. The minimum atomic E-state index is -4.49. The summed E-state index contributed by atoms with van der Waals surface area (Å²) in [6.07, 6.45) is 0. The molecular weight excluding hydrogens is 322 g/mol. The van der Waals surface area contributed by atoms with Crippen molar-refractivity contribution in [2.24, 2.45) is 0 Å². The van der Waals surface area contributed by atoms with E-state index in [1.54, 1.807) is 0 Å². The Hall–Kier alpha value is 2.80. The van der Waals surface area contributed by atoms with Gasteiger partial charge in [-0.1, -0.05) is 0 Å². The van der Waals surface area contributed by atoms with Crippen molar-refractivity contribution >= 4 is 29.0 Å². The molecule has 39 valence electrons. The Morgan fingerprint density at radius 3 is 0.667 bits per heavy atom. The van der Waals surface area contributed by atoms with Crippen LogP contribution in [0.15, 0.2) is 0 Å². The Balaban J connectivity index is 3.73. The summed E-state index contributed by atoms with van der Waals surface area (Å²) < 4.78 is 0. The SMILES string of the molecule is [Cl][Nd]([Cl])([Cl])([Cl])[Cl]. The molecular formula is Cl5Nd. The van der Waals surface area contributed by atoms with Crippen LogP contribution >= 0.6 is 29.0 Å². The van der Waals surface area contributed by atoms with E-state index in [2.05, 4.69) is 0 Å². The monoisotopic (exact) mass is 317 g/mol. The van der Waals surface area contributed by atoms with Gasteiger partial charge in [-0.3, -0.25) is 0 Å². The molecule has 0 rings (SSSR count). The van der Waals surface area contributed by atoms with Crippen LogP contribution in [0.5, 0.6) is 0 Å². The van der Waals surface area contributed by atoms with Crippen LogP contribution in [0.25, 0.3) is 0 Å². The van der Waals surface area contributed by atoms with Crippen LogP contribution in [0.4, 0.5) is 0 Å². The van der Waals surface area contributed by atoms with E-state index >= 15 is 0 Å². The normalized spacial score (nSPS) is 19.2. The molecule has 0 radical (unpaired) electrons. The van der Waals surface area contributed by atoms with E-state index in [4.69, 9.17) is 29.0 Å². The standard InChI is InChI=1S/5ClH.Nd/h5*1H;/q;;;;;+5/p-5. The number of halogens is 5. The molecule has 0 amide bonds. The quantitative estimate of drug-likeness (QED) is 0.641. The average molecular weight is 322 g/mol. The maximum absolute atomic E-state index is 5.07. The van der Waals surface area contributed by atoms with Crippen molar-refractivity contribution in [1.82, 2.24) is 0 Å². The summed E-state index contributed by atoms with van der Waals surface area (Å²) in [4.78, 5) is 0. The fourth-order valence-electron chi connectivity index (χ4n) is 0. The Morgan fingerprint density at radius 2 is 0.667 bits per heavy atom. The van der Waals surface area contributed by atoms with Gasteiger partial charge in [0.2, 0.25) is 0 Å². The van der Waals surface area contributed by atoms with Gasteiger partial charge >= 0.3 is 51.7 Å². The van der Waals surface area contributed by atoms with Crippen molar-refractivity contribution in [2.45, 2.75) is 0 Å². The molecule has 0 aliphatic carbocycles. The molecule has 0 saturated heterocycles. The summed E-state index contributed by atoms with van der Waals surface area (Å²) in [6, 6.07) is 0. The third kappa shape index (κ3) is 29.2. The summed E-state index contributed by atoms with van der Waals surface area (Å²) in [6.45, 7) is 0. The molecule has 0 unspecified atom stereocenters. The van der Waals surface area contributed by atoms with E-state index in [9.17, 15) is 0 Å². The van der Waals surface area contributed by atoms with Crippen LogP contribution < -0.4 is 0 Å². The zero-order valence-electron chi connectivity index (χ0n) is 2.39. The first-order valence-corrected chi connectivity index (χ1v) is 21.0. The molecule has 0 N–H and O–H groups in total. The minimum absolute atomic E-state index is 4.49. The maximum atomic E-state index is 5.07. The average Bonchev–Trinajstić information content (AvgIpc) is 0.650. The first kappa shape index (κ1) is 8.80. The van der Waals surface area contributed by atoms with Gasteiger partial charge in [-0.25, -0.2) is 0 Å². The van der Waals surface area contributed by atoms with Crippen LogP contribution in [-0.4, -0.2) is 0 Å². The van der Waals surface area contributed by atoms with E-state index in [0.717, 1.165) is 0 Å². The van der Waals surface area contributed by atoms with Crippen LogP contribution in [0, 0.1) is 22.6 Å². The number of hydrogen-bond donors (Lipinski definition) is 0. The second-order valence-corrected chi connectivity index (χ2v) is 47.7. The predicted molar refractivity (Wildman–Crippen MR) is 29.3 cm³/mol. The van der Waals surface area contributed by atoms with E-state index in [1.807, 2.05) is 0 Å². The number of hydrogen-bond acceptors (Lipinski definition) is 0. The van der Waals surface area contributed by atoms with Crippen molar-refractivity contribution in [3.63, 3.8) is 0 Å². The van der Waals surface area contributed by atoms with Gasteiger partial charge in [-0.2, -0.15) is 0 Å². The second kappa shape index (κ2) is 2.20. The Morgan fingerprint density at radius 1 is 0.667 bits per heavy atom. The first-order valence-electron chi connectivity index (χ1n) is 0.945. The van der Waals surface area contributed by atoms with E-state index in [0.29, 0.717) is 0 Å². The molecule has 0 aromatic rings. The molecule has 0 nitrogen and oxygen atoms in total. The molecule has 0 fully saturated rings. The summed E-state index contributed by atoms with van der Waals surface area (Å²) in [5, 5.41) is 0. The molecule has 6 heteroatoms. The zero-order valence-corrected chi connectivity index (χ0v) is 9.38. The summed E-state index contributed by atoms with van der Waals surface area (Å²) in [7, 11) is 0. The third-order valence-corrected chi connectivity index (χ3v) is 0. The second-order valence-electron chi connectivity index (χ2n) is 0.714. The molecule has 0 saturated carbocycles. The van der Waals surface area contributed by atoms with Crippen molar-refractivity contribution in [2.75, 3.05) is 0 Å². The Labute approximate surface area is 49.9 Å². The van der Waals surface area contributed by atoms with Gasteiger partial charge in [-0.15, -0.1) is 0 Å². The first-order chi connectivity index (χ1) is 2.24. The molecule has 0 aliphatic rings. The molecule has 0 spiro atoms. The van der Waals surface area contributed by atoms with Crippen molar-refractivity contribution in [1.29, 1.82) is 0 Å². The number of rotatable bonds is 0. The van der Waals surface area contributed by atoms with Crippen LogP contribution in [0.2, 0.25) is 0 Å². The molecule has 0 aliphatic heterocycles. The summed E-state index contributed by atoms with van der Waals surface area (Å²) in [5.41, 5.74) is 0. The molecule has 0 heterocycles. The molecule has 0 aromatic carbocycles. The molecule has 0 atom stereocenters. The summed E-state index contributed by atoms with van der Waals surface area (Å²) in [5.74, 6) is 25.3. The van der Waals surface area contributed by atoms with Crippen LogP contribution in [0.3, 0.4) is 0 Å². The van der Waals surface area contributed by atoms with Gasteiger partial charge in [0.05, 0.1) is 0 Å². The van der Waals surface area contributed by atoms with Gasteiger partial charge < -0.3 is 0 Å². The Kier molecular flexibility index (Phi) is 3.23. The fourth-order valence-corrected chi connectivity index (χ4v) is 0. The predicted octanol–water partition coefficient (Wildman–Crippen LogP) is 3.45. The van der Waals surface area contributed by atoms with Gasteiger partial charge in [0.25, 0.3) is 0 Å². The Bertz CT molecular complexity index is 37.1. The van der Waals surface area contributed by atoms with Crippen LogP contribution in [-0.2, 0) is 0 Å². The van der Waals surface area contributed by atoms with Crippen molar-refractivity contribution in [3.05, 3.63) is 0 Å². The van der Waals surface area contributed by atoms with Gasteiger partial charge in [0, 0.05) is 0 Å². The third-order valence-electron chi connectivity index (χ3n) is 0. The van der Waals surface area contributed by atoms with Crippen molar-refractivity contribution in [3.8, 4) is 0 Å². The van der Waals surface area contributed by atoms with Crippen LogP contribution in [0.1, 0.15) is 0 Å². The molecule has 0 aromatic heterocycles. The van der Waals surface area contributed by atoms with E-state index < -0.39 is 22.6 Å². The topological polar surface area (TPSA) is 0 Å². The molecule has 6 heavy (non-hydrogen) atoms. The van der Waals surface area contributed by atoms with E-state index in [-0.39, 0.29) is 0 Å². The molecule has 0 bridgehead atoms. The van der Waals surface area contributed by atoms with E-state index in [1.165, 1.54) is 0 Å². The van der Waals surface area contributed by atoms with Gasteiger partial charge in [0.15, 0.2) is 0 Å².